The normalized spacial score (nSPS) is 11.4. The third kappa shape index (κ3) is 3.97. The smallest absolute Gasteiger partial charge is 0.0739 e. The maximum Gasteiger partial charge on any atom is 0.0739 e. The van der Waals surface area contributed by atoms with E-state index in [1.807, 2.05) is 6.92 Å². The molecular weight excluding hydrogens is 302 g/mol. The number of hydrogen-bond acceptors (Lipinski definition) is 2. The number of rotatable bonds is 7. The van der Waals surface area contributed by atoms with Crippen LogP contribution < -0.4 is 0 Å². The molecule has 0 unspecified atom stereocenters. The van der Waals surface area contributed by atoms with E-state index in [9.17, 15) is 0 Å². The van der Waals surface area contributed by atoms with Crippen molar-refractivity contribution < 1.29 is 0 Å². The quantitative estimate of drug-likeness (QED) is 0.717. The summed E-state index contributed by atoms with van der Waals surface area (Å²) in [6, 6.07) is 0. The van der Waals surface area contributed by atoms with Crippen molar-refractivity contribution in [3.63, 3.8) is 0 Å². The SMILES string of the molecule is CCN(CCCCl)Cc1c(Br)c(C)nn1CC. The highest BCUT2D eigenvalue weighted by Gasteiger charge is 2.14. The molecule has 1 aromatic heterocycles. The predicted octanol–water partition coefficient (Wildman–Crippen LogP) is 3.42. The Kier molecular flexibility index (Phi) is 6.52. The lowest BCUT2D eigenvalue weighted by atomic mass is 10.3. The van der Waals surface area contributed by atoms with Crippen molar-refractivity contribution in [2.75, 3.05) is 19.0 Å². The second-order valence-corrected chi connectivity index (χ2v) is 5.24. The topological polar surface area (TPSA) is 21.1 Å². The van der Waals surface area contributed by atoms with E-state index in [-0.39, 0.29) is 0 Å². The van der Waals surface area contributed by atoms with Crippen molar-refractivity contribution in [2.24, 2.45) is 0 Å². The van der Waals surface area contributed by atoms with Gasteiger partial charge in [0.1, 0.15) is 0 Å². The summed E-state index contributed by atoms with van der Waals surface area (Å²) >= 11 is 9.38. The van der Waals surface area contributed by atoms with Gasteiger partial charge in [-0.2, -0.15) is 5.10 Å². The molecule has 0 aliphatic carbocycles. The third-order valence-corrected chi connectivity index (χ3v) is 4.18. The van der Waals surface area contributed by atoms with Crippen LogP contribution in [0.4, 0.5) is 0 Å². The Hall–Kier alpha value is -0.0600. The van der Waals surface area contributed by atoms with Crippen LogP contribution in [-0.2, 0) is 13.1 Å². The van der Waals surface area contributed by atoms with Gasteiger partial charge in [-0.05, 0) is 49.3 Å². The Morgan fingerprint density at radius 2 is 2.12 bits per heavy atom. The van der Waals surface area contributed by atoms with Gasteiger partial charge in [-0.3, -0.25) is 9.58 Å². The highest BCUT2D eigenvalue weighted by Crippen LogP contribution is 2.22. The van der Waals surface area contributed by atoms with Gasteiger partial charge in [-0.15, -0.1) is 11.6 Å². The minimum Gasteiger partial charge on any atom is -0.298 e. The molecule has 0 N–H and O–H groups in total. The number of halogens is 2. The summed E-state index contributed by atoms with van der Waals surface area (Å²) in [7, 11) is 0. The van der Waals surface area contributed by atoms with E-state index in [0.29, 0.717) is 0 Å². The van der Waals surface area contributed by atoms with Crippen LogP contribution in [0.15, 0.2) is 4.47 Å². The van der Waals surface area contributed by atoms with Gasteiger partial charge < -0.3 is 0 Å². The van der Waals surface area contributed by atoms with E-state index in [1.165, 1.54) is 5.69 Å². The molecule has 1 aromatic rings. The molecule has 1 heterocycles. The zero-order valence-corrected chi connectivity index (χ0v) is 13.2. The van der Waals surface area contributed by atoms with Gasteiger partial charge >= 0.3 is 0 Å². The fourth-order valence-electron chi connectivity index (χ4n) is 1.86. The molecule has 0 aromatic carbocycles. The molecule has 0 aliphatic heterocycles. The fourth-order valence-corrected chi connectivity index (χ4v) is 2.39. The average molecular weight is 323 g/mol. The minimum absolute atomic E-state index is 0.726. The standard InChI is InChI=1S/C12H21BrClN3/c1-4-16(8-6-7-14)9-11-12(13)10(3)15-17(11)5-2/h4-9H2,1-3H3. The van der Waals surface area contributed by atoms with Gasteiger partial charge in [0, 0.05) is 19.0 Å². The number of nitrogens with zero attached hydrogens (tertiary/aromatic N) is 3. The van der Waals surface area contributed by atoms with Crippen molar-refractivity contribution in [3.8, 4) is 0 Å². The van der Waals surface area contributed by atoms with E-state index in [4.69, 9.17) is 11.6 Å². The van der Waals surface area contributed by atoms with Crippen LogP contribution in [0.1, 0.15) is 31.7 Å². The molecule has 0 aliphatic rings. The van der Waals surface area contributed by atoms with Gasteiger partial charge in [-0.1, -0.05) is 6.92 Å². The molecule has 0 bridgehead atoms. The Balaban J connectivity index is 2.77. The lowest BCUT2D eigenvalue weighted by Crippen LogP contribution is -2.26. The zero-order valence-electron chi connectivity index (χ0n) is 10.8. The van der Waals surface area contributed by atoms with E-state index in [2.05, 4.69) is 44.5 Å². The van der Waals surface area contributed by atoms with E-state index in [1.54, 1.807) is 0 Å². The first kappa shape index (κ1) is 15.0. The molecule has 0 radical (unpaired) electrons. The van der Waals surface area contributed by atoms with E-state index in [0.717, 1.165) is 48.6 Å². The summed E-state index contributed by atoms with van der Waals surface area (Å²) in [4.78, 5) is 2.40. The minimum atomic E-state index is 0.726. The second-order valence-electron chi connectivity index (χ2n) is 4.07. The Labute approximate surface area is 117 Å². The molecule has 0 fully saturated rings. The van der Waals surface area contributed by atoms with Crippen LogP contribution in [0.3, 0.4) is 0 Å². The van der Waals surface area contributed by atoms with Gasteiger partial charge in [0.15, 0.2) is 0 Å². The molecule has 1 rings (SSSR count). The summed E-state index contributed by atoms with van der Waals surface area (Å²) in [5.74, 6) is 0.726. The summed E-state index contributed by atoms with van der Waals surface area (Å²) in [6.45, 7) is 10.3. The van der Waals surface area contributed by atoms with Crippen LogP contribution in [0, 0.1) is 6.92 Å². The van der Waals surface area contributed by atoms with Gasteiger partial charge in [0.05, 0.1) is 15.9 Å². The number of hydrogen-bond donors (Lipinski definition) is 0. The zero-order chi connectivity index (χ0) is 12.8. The number of aryl methyl sites for hydroxylation is 2. The Bertz CT molecular complexity index is 352. The molecule has 98 valence electrons. The average Bonchev–Trinajstić information content (AvgIpc) is 2.61. The van der Waals surface area contributed by atoms with Crippen LogP contribution in [0.5, 0.6) is 0 Å². The third-order valence-electron chi connectivity index (χ3n) is 2.88. The molecule has 3 nitrogen and oxygen atoms in total. The van der Waals surface area contributed by atoms with Gasteiger partial charge in [-0.25, -0.2) is 0 Å². The first-order chi connectivity index (χ1) is 8.13. The second kappa shape index (κ2) is 7.39. The highest BCUT2D eigenvalue weighted by atomic mass is 79.9. The summed E-state index contributed by atoms with van der Waals surface area (Å²) < 4.78 is 3.21. The van der Waals surface area contributed by atoms with E-state index >= 15 is 0 Å². The van der Waals surface area contributed by atoms with Gasteiger partial charge in [0.25, 0.3) is 0 Å². The van der Waals surface area contributed by atoms with Crippen LogP contribution >= 0.6 is 27.5 Å². The number of aromatic nitrogens is 2. The highest BCUT2D eigenvalue weighted by molar-refractivity contribution is 9.10. The maximum absolute atomic E-state index is 5.75. The lowest BCUT2D eigenvalue weighted by Gasteiger charge is -2.20. The van der Waals surface area contributed by atoms with Gasteiger partial charge in [0.2, 0.25) is 0 Å². The molecule has 0 saturated carbocycles. The summed E-state index contributed by atoms with van der Waals surface area (Å²) in [5.41, 5.74) is 2.33. The summed E-state index contributed by atoms with van der Waals surface area (Å²) in [5, 5.41) is 4.51. The fraction of sp³-hybridized carbons (Fsp3) is 0.750. The van der Waals surface area contributed by atoms with Crippen molar-refractivity contribution in [2.45, 2.75) is 40.3 Å². The van der Waals surface area contributed by atoms with Crippen LogP contribution in [0.2, 0.25) is 0 Å². The van der Waals surface area contributed by atoms with Crippen molar-refractivity contribution in [3.05, 3.63) is 15.9 Å². The Morgan fingerprint density at radius 1 is 1.41 bits per heavy atom. The Morgan fingerprint density at radius 3 is 2.65 bits per heavy atom. The molecule has 0 saturated heterocycles. The molecule has 0 atom stereocenters. The predicted molar refractivity (Wildman–Crippen MR) is 76.6 cm³/mol. The number of alkyl halides is 1. The first-order valence-electron chi connectivity index (χ1n) is 6.14. The van der Waals surface area contributed by atoms with Crippen LogP contribution in [0.25, 0.3) is 0 Å². The van der Waals surface area contributed by atoms with Crippen molar-refractivity contribution >= 4 is 27.5 Å². The largest absolute Gasteiger partial charge is 0.298 e. The molecular formula is C12H21BrClN3. The first-order valence-corrected chi connectivity index (χ1v) is 7.46. The lowest BCUT2D eigenvalue weighted by molar-refractivity contribution is 0.271. The monoisotopic (exact) mass is 321 g/mol. The van der Waals surface area contributed by atoms with Crippen molar-refractivity contribution in [1.82, 2.24) is 14.7 Å². The molecule has 17 heavy (non-hydrogen) atoms. The maximum atomic E-state index is 5.75. The molecule has 5 heteroatoms. The molecule has 0 amide bonds. The molecule has 0 spiro atoms. The van der Waals surface area contributed by atoms with Crippen LogP contribution in [-0.4, -0.2) is 33.6 Å². The van der Waals surface area contributed by atoms with E-state index < -0.39 is 0 Å². The van der Waals surface area contributed by atoms with Crippen molar-refractivity contribution in [1.29, 1.82) is 0 Å². The summed E-state index contributed by atoms with van der Waals surface area (Å²) in [6.07, 6.45) is 1.03.